The molecule has 0 fully saturated rings. The highest BCUT2D eigenvalue weighted by Crippen LogP contribution is 2.35. The maximum Gasteiger partial charge on any atom is 0.267 e. The zero-order chi connectivity index (χ0) is 26.1. The van der Waals surface area contributed by atoms with Crippen molar-refractivity contribution in [1.29, 1.82) is 0 Å². The molecule has 4 aromatic rings. The molecule has 1 amide bonds. The van der Waals surface area contributed by atoms with Gasteiger partial charge in [-0.05, 0) is 69.4 Å². The first kappa shape index (κ1) is 26.0. The Morgan fingerprint density at radius 3 is 2.68 bits per heavy atom. The summed E-state index contributed by atoms with van der Waals surface area (Å²) in [5, 5.41) is 6.37. The van der Waals surface area contributed by atoms with Crippen LogP contribution in [0.25, 0.3) is 15.9 Å². The fourth-order valence-electron chi connectivity index (χ4n) is 4.36. The Morgan fingerprint density at radius 2 is 1.92 bits per heavy atom. The second kappa shape index (κ2) is 11.0. The summed E-state index contributed by atoms with van der Waals surface area (Å²) in [5.74, 6) is -0.273. The third-order valence-corrected chi connectivity index (χ3v) is 8.92. The molecule has 0 atom stereocenters. The number of carbonyl (C=O) groups excluding carboxylic acids is 1. The van der Waals surface area contributed by atoms with Crippen molar-refractivity contribution in [2.45, 2.75) is 44.7 Å². The van der Waals surface area contributed by atoms with E-state index in [2.05, 4.69) is 10.5 Å². The van der Waals surface area contributed by atoms with Crippen molar-refractivity contribution in [1.82, 2.24) is 15.0 Å². The first-order valence-electron chi connectivity index (χ1n) is 11.9. The monoisotopic (exact) mass is 570 g/mol. The number of amides is 1. The van der Waals surface area contributed by atoms with E-state index in [1.807, 2.05) is 31.2 Å². The number of fused-ring (bicyclic) bond motifs is 3. The van der Waals surface area contributed by atoms with E-state index in [4.69, 9.17) is 28.2 Å². The van der Waals surface area contributed by atoms with Crippen LogP contribution in [0.5, 0.6) is 0 Å². The summed E-state index contributed by atoms with van der Waals surface area (Å²) >= 11 is 15.0. The van der Waals surface area contributed by atoms with E-state index in [0.717, 1.165) is 47.3 Å². The molecule has 190 valence electrons. The fraction of sp³-hybridized carbons (Fsp3) is 0.259. The van der Waals surface area contributed by atoms with Crippen molar-refractivity contribution in [2.24, 2.45) is 5.10 Å². The summed E-state index contributed by atoms with van der Waals surface area (Å²) in [6.07, 6.45) is 4.11. The number of hydrazone groups is 1. The minimum absolute atomic E-state index is 0.0417. The third kappa shape index (κ3) is 5.48. The van der Waals surface area contributed by atoms with Crippen LogP contribution in [0, 0.1) is 6.92 Å². The summed E-state index contributed by atoms with van der Waals surface area (Å²) in [5.41, 5.74) is 6.70. The van der Waals surface area contributed by atoms with Crippen LogP contribution in [0.3, 0.4) is 0 Å². The van der Waals surface area contributed by atoms with Crippen LogP contribution in [0.4, 0.5) is 0 Å². The smallest absolute Gasteiger partial charge is 0.267 e. The molecule has 0 unspecified atom stereocenters. The maximum atomic E-state index is 13.8. The predicted octanol–water partition coefficient (Wildman–Crippen LogP) is 6.57. The Balaban J connectivity index is 1.43. The minimum Gasteiger partial charge on any atom is -0.272 e. The van der Waals surface area contributed by atoms with E-state index in [9.17, 15) is 9.59 Å². The molecule has 0 aliphatic heterocycles. The number of hydrogen-bond donors (Lipinski definition) is 1. The molecule has 1 aliphatic carbocycles. The molecular weight excluding hydrogens is 547 g/mol. The molecule has 2 heterocycles. The van der Waals surface area contributed by atoms with Gasteiger partial charge in [-0.3, -0.25) is 14.2 Å². The largest absolute Gasteiger partial charge is 0.272 e. The molecule has 37 heavy (non-hydrogen) atoms. The SMILES string of the molecule is C/C(=N/NC(=O)CSc1nc2sc3c(c2c(=O)n1-c1ccc(C)cc1)CCCC3)c1ccc(Cl)cc1Cl. The van der Waals surface area contributed by atoms with Gasteiger partial charge in [0.2, 0.25) is 0 Å². The number of thiophene rings is 1. The first-order chi connectivity index (χ1) is 17.8. The fourth-order valence-corrected chi connectivity index (χ4v) is 7.01. The highest BCUT2D eigenvalue weighted by atomic mass is 35.5. The van der Waals surface area contributed by atoms with Gasteiger partial charge >= 0.3 is 0 Å². The van der Waals surface area contributed by atoms with Crippen LogP contribution in [-0.4, -0.2) is 26.9 Å². The topological polar surface area (TPSA) is 76.3 Å². The average molecular weight is 572 g/mol. The number of nitrogens with one attached hydrogen (secondary N) is 1. The van der Waals surface area contributed by atoms with Crippen molar-refractivity contribution in [3.05, 3.63) is 84.4 Å². The third-order valence-electron chi connectivity index (χ3n) is 6.25. The number of nitrogens with zero attached hydrogens (tertiary/aromatic N) is 3. The van der Waals surface area contributed by atoms with Crippen LogP contribution in [0.1, 0.15) is 41.3 Å². The molecule has 1 N–H and O–H groups in total. The van der Waals surface area contributed by atoms with Crippen molar-refractivity contribution in [3.8, 4) is 5.69 Å². The summed E-state index contributed by atoms with van der Waals surface area (Å²) in [7, 11) is 0. The summed E-state index contributed by atoms with van der Waals surface area (Å²) in [4.78, 5) is 33.4. The number of benzene rings is 2. The first-order valence-corrected chi connectivity index (χ1v) is 14.4. The molecule has 1 aliphatic rings. The number of halogens is 2. The number of aromatic nitrogens is 2. The van der Waals surface area contributed by atoms with Gasteiger partial charge in [0.15, 0.2) is 5.16 Å². The lowest BCUT2D eigenvalue weighted by Crippen LogP contribution is -2.24. The molecule has 0 saturated heterocycles. The maximum absolute atomic E-state index is 13.8. The van der Waals surface area contributed by atoms with Gasteiger partial charge in [-0.15, -0.1) is 11.3 Å². The zero-order valence-corrected chi connectivity index (χ0v) is 23.5. The molecule has 2 aromatic heterocycles. The predicted molar refractivity (Wildman–Crippen MR) is 154 cm³/mol. The summed E-state index contributed by atoms with van der Waals surface area (Å²) < 4.78 is 1.63. The van der Waals surface area contributed by atoms with Gasteiger partial charge in [-0.25, -0.2) is 10.4 Å². The normalized spacial score (nSPS) is 13.6. The lowest BCUT2D eigenvalue weighted by atomic mass is 9.97. The van der Waals surface area contributed by atoms with Crippen LogP contribution in [0.2, 0.25) is 10.0 Å². The van der Waals surface area contributed by atoms with E-state index in [-0.39, 0.29) is 17.2 Å². The van der Waals surface area contributed by atoms with E-state index < -0.39 is 0 Å². The zero-order valence-electron chi connectivity index (χ0n) is 20.3. The van der Waals surface area contributed by atoms with Gasteiger partial charge < -0.3 is 0 Å². The molecule has 0 radical (unpaired) electrons. The Hall–Kier alpha value is -2.65. The van der Waals surface area contributed by atoms with E-state index in [1.165, 1.54) is 16.6 Å². The Morgan fingerprint density at radius 1 is 1.16 bits per heavy atom. The van der Waals surface area contributed by atoms with Crippen LogP contribution >= 0.6 is 46.3 Å². The number of aryl methyl sites for hydroxylation is 3. The highest BCUT2D eigenvalue weighted by Gasteiger charge is 2.23. The highest BCUT2D eigenvalue weighted by molar-refractivity contribution is 7.99. The Kier molecular flexibility index (Phi) is 7.72. The second-order valence-corrected chi connectivity index (χ2v) is 11.8. The van der Waals surface area contributed by atoms with E-state index >= 15 is 0 Å². The molecule has 0 spiro atoms. The summed E-state index contributed by atoms with van der Waals surface area (Å²) in [6.45, 7) is 3.76. The van der Waals surface area contributed by atoms with Crippen LogP contribution in [-0.2, 0) is 17.6 Å². The van der Waals surface area contributed by atoms with Crippen LogP contribution in [0.15, 0.2) is 57.5 Å². The molecule has 6 nitrogen and oxygen atoms in total. The molecular formula is C27H24Cl2N4O2S2. The lowest BCUT2D eigenvalue weighted by molar-refractivity contribution is -0.118. The van der Waals surface area contributed by atoms with Gasteiger partial charge in [0.25, 0.3) is 11.5 Å². The lowest BCUT2D eigenvalue weighted by Gasteiger charge is -2.13. The van der Waals surface area contributed by atoms with Gasteiger partial charge in [-0.1, -0.05) is 58.7 Å². The van der Waals surface area contributed by atoms with Crippen molar-refractivity contribution in [3.63, 3.8) is 0 Å². The minimum atomic E-state index is -0.315. The quantitative estimate of drug-likeness (QED) is 0.123. The van der Waals surface area contributed by atoms with E-state index in [1.54, 1.807) is 41.0 Å². The van der Waals surface area contributed by atoms with Crippen molar-refractivity contribution < 1.29 is 4.79 Å². The Labute approximate surface area is 232 Å². The van der Waals surface area contributed by atoms with E-state index in [0.29, 0.717) is 31.9 Å². The number of hydrogen-bond acceptors (Lipinski definition) is 6. The second-order valence-electron chi connectivity index (χ2n) is 8.91. The van der Waals surface area contributed by atoms with Crippen LogP contribution < -0.4 is 11.0 Å². The molecule has 0 bridgehead atoms. The number of thioether (sulfide) groups is 1. The molecule has 10 heteroatoms. The van der Waals surface area contributed by atoms with Crippen molar-refractivity contribution in [2.75, 3.05) is 5.75 Å². The van der Waals surface area contributed by atoms with Gasteiger partial charge in [0, 0.05) is 15.5 Å². The molecule has 2 aromatic carbocycles. The summed E-state index contributed by atoms with van der Waals surface area (Å²) in [6, 6.07) is 12.9. The molecule has 0 saturated carbocycles. The standard InChI is InChI=1S/C27H24Cl2N4O2S2/c1-15-7-10-18(11-8-15)33-26(35)24-20-5-3-4-6-22(20)37-25(24)30-27(33)36-14-23(34)32-31-16(2)19-12-9-17(28)13-21(19)29/h7-13H,3-6,14H2,1-2H3,(H,32,34)/b31-16-. The number of rotatable bonds is 6. The van der Waals surface area contributed by atoms with Gasteiger partial charge in [0.05, 0.1) is 27.6 Å². The molecule has 5 rings (SSSR count). The van der Waals surface area contributed by atoms with Gasteiger partial charge in [-0.2, -0.15) is 5.10 Å². The Bertz CT molecular complexity index is 1590. The van der Waals surface area contributed by atoms with Crippen molar-refractivity contribution >= 4 is 68.1 Å². The number of carbonyl (C=O) groups is 1. The van der Waals surface area contributed by atoms with Gasteiger partial charge in [0.1, 0.15) is 4.83 Å². The average Bonchev–Trinajstić information content (AvgIpc) is 3.25.